The number of amides is 3. The van der Waals surface area contributed by atoms with Gasteiger partial charge in [0.25, 0.3) is 0 Å². The second kappa shape index (κ2) is 7.56. The number of imide groups is 1. The lowest BCUT2D eigenvalue weighted by Crippen LogP contribution is -2.54. The SMILES string of the molecule is O=C1[C@@H]2[C@H](Cc3ccc(O)c(O)c3)N[C@]3(C(=O)Nc4ccccc43)[C@H]2C(=O)N1C1CCCCC1. The Hall–Kier alpha value is -3.39. The van der Waals surface area contributed by atoms with E-state index in [9.17, 15) is 24.6 Å². The summed E-state index contributed by atoms with van der Waals surface area (Å²) in [5.74, 6) is -2.79. The molecule has 8 nitrogen and oxygen atoms in total. The number of nitrogens with zero attached hydrogens (tertiary/aromatic N) is 1. The van der Waals surface area contributed by atoms with Crippen molar-refractivity contribution < 1.29 is 24.6 Å². The summed E-state index contributed by atoms with van der Waals surface area (Å²) in [4.78, 5) is 42.7. The number of fused-ring (bicyclic) bond motifs is 4. The lowest BCUT2D eigenvalue weighted by molar-refractivity contribution is -0.146. The molecule has 0 radical (unpaired) electrons. The molecule has 8 heteroatoms. The molecule has 1 aliphatic carbocycles. The molecular formula is C26H27N3O5. The van der Waals surface area contributed by atoms with Crippen LogP contribution in [0.5, 0.6) is 11.5 Å². The Bertz CT molecular complexity index is 1210. The maximum atomic E-state index is 13.9. The quantitative estimate of drug-likeness (QED) is 0.412. The van der Waals surface area contributed by atoms with Gasteiger partial charge < -0.3 is 15.5 Å². The van der Waals surface area contributed by atoms with Crippen LogP contribution in [0.2, 0.25) is 0 Å². The number of anilines is 1. The number of benzene rings is 2. The number of phenols is 2. The summed E-state index contributed by atoms with van der Waals surface area (Å²) >= 11 is 0. The smallest absolute Gasteiger partial charge is 0.250 e. The molecule has 0 aromatic heterocycles. The van der Waals surface area contributed by atoms with E-state index in [1.54, 1.807) is 6.07 Å². The molecule has 4 atom stereocenters. The van der Waals surface area contributed by atoms with Gasteiger partial charge >= 0.3 is 0 Å². The number of para-hydroxylation sites is 1. The van der Waals surface area contributed by atoms with Crippen LogP contribution in [-0.2, 0) is 26.3 Å². The van der Waals surface area contributed by atoms with E-state index >= 15 is 0 Å². The van der Waals surface area contributed by atoms with E-state index in [-0.39, 0.29) is 35.3 Å². The minimum Gasteiger partial charge on any atom is -0.504 e. The van der Waals surface area contributed by atoms with E-state index < -0.39 is 23.4 Å². The fourth-order valence-corrected chi connectivity index (χ4v) is 6.60. The van der Waals surface area contributed by atoms with Crippen LogP contribution in [0.15, 0.2) is 42.5 Å². The molecule has 34 heavy (non-hydrogen) atoms. The normalized spacial score (nSPS) is 30.6. The highest BCUT2D eigenvalue weighted by Crippen LogP contribution is 2.54. The zero-order valence-electron chi connectivity index (χ0n) is 18.7. The summed E-state index contributed by atoms with van der Waals surface area (Å²) in [6.07, 6.45) is 5.00. The Morgan fingerprint density at radius 2 is 1.71 bits per heavy atom. The predicted molar refractivity (Wildman–Crippen MR) is 123 cm³/mol. The van der Waals surface area contributed by atoms with Gasteiger partial charge in [-0.3, -0.25) is 24.6 Å². The first-order valence-electron chi connectivity index (χ1n) is 12.0. The number of likely N-dealkylation sites (tertiary alicyclic amines) is 1. The lowest BCUT2D eigenvalue weighted by Gasteiger charge is -2.34. The van der Waals surface area contributed by atoms with Crippen molar-refractivity contribution in [2.75, 3.05) is 5.32 Å². The number of carbonyl (C=O) groups excluding carboxylic acids is 3. The van der Waals surface area contributed by atoms with Crippen LogP contribution in [0.25, 0.3) is 0 Å². The first-order chi connectivity index (χ1) is 16.4. The Labute approximate surface area is 197 Å². The Balaban J connectivity index is 1.45. The number of carbonyl (C=O) groups is 3. The topological polar surface area (TPSA) is 119 Å². The molecular weight excluding hydrogens is 434 g/mol. The predicted octanol–water partition coefficient (Wildman–Crippen LogP) is 2.39. The molecule has 1 saturated carbocycles. The molecule has 6 rings (SSSR count). The summed E-state index contributed by atoms with van der Waals surface area (Å²) in [6.45, 7) is 0. The van der Waals surface area contributed by atoms with Gasteiger partial charge in [0.2, 0.25) is 17.7 Å². The molecule has 0 bridgehead atoms. The highest BCUT2D eigenvalue weighted by molar-refractivity contribution is 6.15. The standard InChI is InChI=1S/C26H27N3O5/c30-19-11-10-14(13-20(19)31)12-18-21-22(24(33)29(23(21)32)15-6-2-1-3-7-15)26(28-18)16-8-4-5-9-17(16)27-25(26)34/h4-5,8-11,13,15,18,21-22,28,30-31H,1-3,6-7,12H2,(H,27,34)/t18-,21+,22+,26-/m0/s1. The Kier molecular flexibility index (Phi) is 4.71. The maximum absolute atomic E-state index is 13.9. The van der Waals surface area contributed by atoms with Crippen molar-refractivity contribution >= 4 is 23.4 Å². The van der Waals surface area contributed by atoms with Crippen LogP contribution < -0.4 is 10.6 Å². The maximum Gasteiger partial charge on any atom is 0.250 e. The zero-order chi connectivity index (χ0) is 23.6. The number of hydrogen-bond donors (Lipinski definition) is 4. The van der Waals surface area contributed by atoms with Crippen LogP contribution in [-0.4, -0.2) is 44.9 Å². The van der Waals surface area contributed by atoms with Gasteiger partial charge in [-0.15, -0.1) is 0 Å². The minimum atomic E-state index is -1.32. The van der Waals surface area contributed by atoms with Gasteiger partial charge in [0.15, 0.2) is 11.5 Å². The molecule has 3 aliphatic heterocycles. The Morgan fingerprint density at radius 1 is 0.941 bits per heavy atom. The summed E-state index contributed by atoms with van der Waals surface area (Å²) in [5.41, 5.74) is 0.725. The van der Waals surface area contributed by atoms with Gasteiger partial charge in [0.05, 0.1) is 11.8 Å². The van der Waals surface area contributed by atoms with E-state index in [0.717, 1.165) is 32.1 Å². The lowest BCUT2D eigenvalue weighted by atomic mass is 9.76. The van der Waals surface area contributed by atoms with Gasteiger partial charge in [-0.1, -0.05) is 43.5 Å². The zero-order valence-corrected chi connectivity index (χ0v) is 18.7. The molecule has 4 aliphatic rings. The molecule has 2 saturated heterocycles. The third-order valence-electron chi connectivity index (χ3n) is 8.09. The molecule has 4 N–H and O–H groups in total. The first-order valence-corrected chi connectivity index (χ1v) is 12.0. The van der Waals surface area contributed by atoms with Gasteiger partial charge in [0.1, 0.15) is 5.54 Å². The van der Waals surface area contributed by atoms with Crippen LogP contribution in [0, 0.1) is 11.8 Å². The van der Waals surface area contributed by atoms with E-state index in [0.29, 0.717) is 23.2 Å². The van der Waals surface area contributed by atoms with Crippen molar-refractivity contribution in [1.29, 1.82) is 0 Å². The number of hydrogen-bond acceptors (Lipinski definition) is 6. The fraction of sp³-hybridized carbons (Fsp3) is 0.423. The molecule has 176 valence electrons. The first kappa shape index (κ1) is 21.2. The van der Waals surface area contributed by atoms with Crippen molar-refractivity contribution in [1.82, 2.24) is 10.2 Å². The molecule has 0 unspecified atom stereocenters. The second-order valence-electron chi connectivity index (χ2n) is 9.93. The van der Waals surface area contributed by atoms with E-state index in [1.165, 1.54) is 17.0 Å². The van der Waals surface area contributed by atoms with E-state index in [4.69, 9.17) is 0 Å². The average molecular weight is 462 g/mol. The molecule has 3 heterocycles. The number of rotatable bonds is 3. The third kappa shape index (κ3) is 2.84. The largest absolute Gasteiger partial charge is 0.504 e. The van der Waals surface area contributed by atoms with Crippen molar-refractivity contribution in [3.05, 3.63) is 53.6 Å². The monoisotopic (exact) mass is 461 g/mol. The van der Waals surface area contributed by atoms with E-state index in [2.05, 4.69) is 10.6 Å². The van der Waals surface area contributed by atoms with Crippen molar-refractivity contribution in [2.24, 2.45) is 11.8 Å². The molecule has 2 aromatic carbocycles. The molecule has 2 aromatic rings. The fourth-order valence-electron chi connectivity index (χ4n) is 6.60. The second-order valence-corrected chi connectivity index (χ2v) is 9.93. The van der Waals surface area contributed by atoms with Crippen molar-refractivity contribution in [2.45, 2.75) is 56.1 Å². The van der Waals surface area contributed by atoms with Gasteiger partial charge in [-0.25, -0.2) is 0 Å². The summed E-state index contributed by atoms with van der Waals surface area (Å²) in [7, 11) is 0. The summed E-state index contributed by atoms with van der Waals surface area (Å²) < 4.78 is 0. The highest BCUT2D eigenvalue weighted by atomic mass is 16.3. The van der Waals surface area contributed by atoms with Crippen LogP contribution in [0.1, 0.15) is 43.2 Å². The summed E-state index contributed by atoms with van der Waals surface area (Å²) in [5, 5.41) is 26.0. The molecule has 1 spiro atoms. The van der Waals surface area contributed by atoms with Gasteiger partial charge in [-0.2, -0.15) is 0 Å². The number of nitrogens with one attached hydrogen (secondary N) is 2. The number of phenolic OH excluding ortho intramolecular Hbond substituents is 2. The van der Waals surface area contributed by atoms with Gasteiger partial charge in [-0.05, 0) is 43.0 Å². The molecule has 3 amide bonds. The third-order valence-corrected chi connectivity index (χ3v) is 8.09. The summed E-state index contributed by atoms with van der Waals surface area (Å²) in [6, 6.07) is 11.3. The van der Waals surface area contributed by atoms with E-state index in [1.807, 2.05) is 24.3 Å². The Morgan fingerprint density at radius 3 is 2.47 bits per heavy atom. The molecule has 3 fully saturated rings. The highest BCUT2D eigenvalue weighted by Gasteiger charge is 2.70. The average Bonchev–Trinajstić information content (AvgIpc) is 3.41. The van der Waals surface area contributed by atoms with Crippen LogP contribution >= 0.6 is 0 Å². The number of aromatic hydroxyl groups is 2. The van der Waals surface area contributed by atoms with Crippen molar-refractivity contribution in [3.63, 3.8) is 0 Å². The van der Waals surface area contributed by atoms with Crippen LogP contribution in [0.3, 0.4) is 0 Å². The van der Waals surface area contributed by atoms with Crippen molar-refractivity contribution in [3.8, 4) is 11.5 Å². The minimum absolute atomic E-state index is 0.116. The van der Waals surface area contributed by atoms with Gasteiger partial charge in [0, 0.05) is 23.3 Å². The van der Waals surface area contributed by atoms with Crippen LogP contribution in [0.4, 0.5) is 5.69 Å².